The molecule has 1 aliphatic carbocycles. The van der Waals surface area contributed by atoms with Crippen molar-refractivity contribution in [1.82, 2.24) is 5.32 Å². The van der Waals surface area contributed by atoms with Gasteiger partial charge in [0, 0.05) is 6.04 Å². The van der Waals surface area contributed by atoms with Gasteiger partial charge >= 0.3 is 0 Å². The van der Waals surface area contributed by atoms with Gasteiger partial charge in [0.2, 0.25) is 5.91 Å². The Kier molecular flexibility index (Phi) is 7.15. The molecule has 0 bridgehead atoms. The van der Waals surface area contributed by atoms with Gasteiger partial charge in [0.05, 0.1) is 26.2 Å². The van der Waals surface area contributed by atoms with Gasteiger partial charge in [-0.1, -0.05) is 31.0 Å². The minimum absolute atomic E-state index is 0.00340. The number of nitrogens with one attached hydrogen (secondary N) is 1. The van der Waals surface area contributed by atoms with E-state index in [1.165, 1.54) is 44.7 Å². The number of amides is 2. The van der Waals surface area contributed by atoms with Crippen molar-refractivity contribution in [3.05, 3.63) is 78.0 Å². The van der Waals surface area contributed by atoms with Crippen molar-refractivity contribution in [1.29, 1.82) is 0 Å². The average Bonchev–Trinajstić information content (AvgIpc) is 3.57. The number of nitrogens with zero attached hydrogens (tertiary/aromatic N) is 1. The quantitative estimate of drug-likeness (QED) is 0.512. The molecule has 1 aliphatic rings. The zero-order chi connectivity index (χ0) is 24.1. The Labute approximate surface area is 197 Å². The number of halogens is 1. The van der Waals surface area contributed by atoms with Gasteiger partial charge in [-0.05, 0) is 54.8 Å². The number of benzene rings is 2. The molecule has 1 saturated carbocycles. The lowest BCUT2D eigenvalue weighted by atomic mass is 10.0. The first kappa shape index (κ1) is 23.4. The fraction of sp³-hybridized carbons (Fsp3) is 0.308. The summed E-state index contributed by atoms with van der Waals surface area (Å²) in [6.07, 6.45) is 5.12. The van der Waals surface area contributed by atoms with Crippen LogP contribution in [0.1, 0.15) is 47.8 Å². The minimum Gasteiger partial charge on any atom is -0.493 e. The lowest BCUT2D eigenvalue weighted by Gasteiger charge is -2.32. The number of hydrogen-bond donors (Lipinski definition) is 1. The van der Waals surface area contributed by atoms with Crippen LogP contribution in [0.5, 0.6) is 11.5 Å². The van der Waals surface area contributed by atoms with Crippen LogP contribution in [-0.2, 0) is 4.79 Å². The van der Waals surface area contributed by atoms with Crippen molar-refractivity contribution < 1.29 is 27.9 Å². The molecule has 1 N–H and O–H groups in total. The number of furan rings is 1. The third kappa shape index (κ3) is 4.76. The van der Waals surface area contributed by atoms with E-state index >= 15 is 4.39 Å². The largest absolute Gasteiger partial charge is 0.493 e. The highest BCUT2D eigenvalue weighted by Crippen LogP contribution is 2.36. The Morgan fingerprint density at radius 3 is 2.41 bits per heavy atom. The molecule has 0 saturated heterocycles. The van der Waals surface area contributed by atoms with Crippen molar-refractivity contribution in [3.8, 4) is 11.5 Å². The Morgan fingerprint density at radius 2 is 1.76 bits per heavy atom. The standard InChI is InChI=1S/C26H27FN2O5/c1-32-21-14-13-17(16-23(21)33-2)24(25(30)28-18-8-3-4-9-18)29(20-11-6-5-10-19(20)27)26(31)22-12-7-15-34-22/h5-7,10-16,18,24H,3-4,8-9H2,1-2H3,(H,28,30)/t24-/m0/s1. The van der Waals surface area contributed by atoms with Crippen LogP contribution in [0.3, 0.4) is 0 Å². The second-order valence-electron chi connectivity index (χ2n) is 8.11. The van der Waals surface area contributed by atoms with Gasteiger partial charge in [0.1, 0.15) is 11.9 Å². The van der Waals surface area contributed by atoms with E-state index in [0.29, 0.717) is 17.1 Å². The minimum atomic E-state index is -1.19. The summed E-state index contributed by atoms with van der Waals surface area (Å²) in [6.45, 7) is 0. The Morgan fingerprint density at radius 1 is 1.03 bits per heavy atom. The highest BCUT2D eigenvalue weighted by molar-refractivity contribution is 6.08. The Balaban J connectivity index is 1.86. The van der Waals surface area contributed by atoms with Gasteiger partial charge in [-0.25, -0.2) is 4.39 Å². The average molecular weight is 467 g/mol. The Bertz CT molecular complexity index is 1140. The summed E-state index contributed by atoms with van der Waals surface area (Å²) in [4.78, 5) is 28.5. The van der Waals surface area contributed by atoms with Crippen LogP contribution in [0, 0.1) is 5.82 Å². The van der Waals surface area contributed by atoms with E-state index < -0.39 is 23.7 Å². The molecule has 34 heavy (non-hydrogen) atoms. The van der Waals surface area contributed by atoms with Crippen LogP contribution in [0.4, 0.5) is 10.1 Å². The molecule has 0 spiro atoms. The second-order valence-corrected chi connectivity index (χ2v) is 8.11. The van der Waals surface area contributed by atoms with Gasteiger partial charge in [-0.15, -0.1) is 0 Å². The molecule has 8 heteroatoms. The van der Waals surface area contributed by atoms with Crippen molar-refractivity contribution in [3.63, 3.8) is 0 Å². The lowest BCUT2D eigenvalue weighted by molar-refractivity contribution is -0.123. The first-order valence-corrected chi connectivity index (χ1v) is 11.2. The molecule has 1 aromatic heterocycles. The third-order valence-corrected chi connectivity index (χ3v) is 5.99. The maximum atomic E-state index is 15.0. The van der Waals surface area contributed by atoms with E-state index in [1.54, 1.807) is 30.3 Å². The van der Waals surface area contributed by atoms with E-state index in [-0.39, 0.29) is 17.5 Å². The Hall–Kier alpha value is -3.81. The fourth-order valence-corrected chi connectivity index (χ4v) is 4.32. The van der Waals surface area contributed by atoms with Crippen molar-refractivity contribution >= 4 is 17.5 Å². The molecular weight excluding hydrogens is 439 g/mol. The molecule has 1 atom stereocenters. The van der Waals surface area contributed by atoms with Crippen molar-refractivity contribution in [2.45, 2.75) is 37.8 Å². The SMILES string of the molecule is COc1ccc([C@@H](C(=O)NC2CCCC2)N(C(=O)c2ccco2)c2ccccc2F)cc1OC. The number of carbonyl (C=O) groups is 2. The van der Waals surface area contributed by atoms with Gasteiger partial charge in [0.25, 0.3) is 5.91 Å². The molecule has 7 nitrogen and oxygen atoms in total. The van der Waals surface area contributed by atoms with Gasteiger partial charge in [0.15, 0.2) is 17.3 Å². The molecule has 1 fully saturated rings. The van der Waals surface area contributed by atoms with Crippen LogP contribution < -0.4 is 19.7 Å². The molecule has 0 aliphatic heterocycles. The number of rotatable bonds is 8. The van der Waals surface area contributed by atoms with E-state index in [1.807, 2.05) is 0 Å². The molecule has 2 aromatic carbocycles. The van der Waals surface area contributed by atoms with Crippen LogP contribution in [-0.4, -0.2) is 32.1 Å². The monoisotopic (exact) mass is 466 g/mol. The summed E-state index contributed by atoms with van der Waals surface area (Å²) < 4.78 is 31.1. The molecular formula is C26H27FN2O5. The van der Waals surface area contributed by atoms with Crippen LogP contribution in [0.15, 0.2) is 65.3 Å². The summed E-state index contributed by atoms with van der Waals surface area (Å²) in [7, 11) is 2.99. The zero-order valence-electron chi connectivity index (χ0n) is 19.1. The summed E-state index contributed by atoms with van der Waals surface area (Å²) >= 11 is 0. The van der Waals surface area contributed by atoms with Gasteiger partial charge < -0.3 is 19.2 Å². The summed E-state index contributed by atoms with van der Waals surface area (Å²) in [5.74, 6) is -0.851. The molecule has 178 valence electrons. The molecule has 3 aromatic rings. The van der Waals surface area contributed by atoms with E-state index in [4.69, 9.17) is 13.9 Å². The van der Waals surface area contributed by atoms with Gasteiger partial charge in [-0.3, -0.25) is 14.5 Å². The van der Waals surface area contributed by atoms with Crippen LogP contribution >= 0.6 is 0 Å². The first-order valence-electron chi connectivity index (χ1n) is 11.2. The number of anilines is 1. The smallest absolute Gasteiger partial charge is 0.295 e. The molecule has 4 rings (SSSR count). The molecule has 1 heterocycles. The maximum absolute atomic E-state index is 15.0. The highest BCUT2D eigenvalue weighted by Gasteiger charge is 2.37. The van der Waals surface area contributed by atoms with E-state index in [2.05, 4.69) is 5.32 Å². The van der Waals surface area contributed by atoms with E-state index in [9.17, 15) is 9.59 Å². The summed E-state index contributed by atoms with van der Waals surface area (Å²) in [5.41, 5.74) is 0.404. The first-order chi connectivity index (χ1) is 16.5. The molecule has 0 unspecified atom stereocenters. The predicted octanol–water partition coefficient (Wildman–Crippen LogP) is 4.88. The number of methoxy groups -OCH3 is 2. The molecule has 0 radical (unpaired) electrons. The normalized spacial score (nSPS) is 14.4. The van der Waals surface area contributed by atoms with Crippen molar-refractivity contribution in [2.24, 2.45) is 0 Å². The number of carbonyl (C=O) groups excluding carboxylic acids is 2. The van der Waals surface area contributed by atoms with Crippen molar-refractivity contribution in [2.75, 3.05) is 19.1 Å². The number of para-hydroxylation sites is 1. The van der Waals surface area contributed by atoms with Crippen LogP contribution in [0.2, 0.25) is 0 Å². The number of ether oxygens (including phenoxy) is 2. The van der Waals surface area contributed by atoms with E-state index in [0.717, 1.165) is 30.6 Å². The second kappa shape index (κ2) is 10.4. The maximum Gasteiger partial charge on any atom is 0.295 e. The highest BCUT2D eigenvalue weighted by atomic mass is 19.1. The fourth-order valence-electron chi connectivity index (χ4n) is 4.32. The molecule has 2 amide bonds. The summed E-state index contributed by atoms with van der Waals surface area (Å²) in [5, 5.41) is 3.06. The predicted molar refractivity (Wildman–Crippen MR) is 125 cm³/mol. The van der Waals surface area contributed by atoms with Gasteiger partial charge in [-0.2, -0.15) is 0 Å². The third-order valence-electron chi connectivity index (χ3n) is 5.99. The zero-order valence-corrected chi connectivity index (χ0v) is 19.1. The topological polar surface area (TPSA) is 81.0 Å². The number of hydrogen-bond acceptors (Lipinski definition) is 5. The van der Waals surface area contributed by atoms with Crippen LogP contribution in [0.25, 0.3) is 0 Å². The lowest BCUT2D eigenvalue weighted by Crippen LogP contribution is -2.46. The summed E-state index contributed by atoms with van der Waals surface area (Å²) in [6, 6.07) is 12.7.